The number of nitrogens with two attached hydrogens (primary N) is 2. The molecule has 0 aliphatic rings. The van der Waals surface area contributed by atoms with Gasteiger partial charge in [-0.3, -0.25) is 15.1 Å². The van der Waals surface area contributed by atoms with Crippen LogP contribution in [0.1, 0.15) is 44.0 Å². The molecule has 1 amide bonds. The normalized spacial score (nSPS) is 11.1. The molecule has 0 fully saturated rings. The van der Waals surface area contributed by atoms with Crippen LogP contribution < -0.4 is 16.4 Å². The Morgan fingerprint density at radius 1 is 0.826 bits per heavy atom. The van der Waals surface area contributed by atoms with Crippen LogP contribution >= 0.6 is 12.6 Å². The van der Waals surface area contributed by atoms with E-state index in [1.807, 2.05) is 103 Å². The summed E-state index contributed by atoms with van der Waals surface area (Å²) in [6.45, 7) is 1.42. The van der Waals surface area contributed by atoms with E-state index in [0.717, 1.165) is 50.4 Å². The number of rotatable bonds is 11. The third-order valence-electron chi connectivity index (χ3n) is 8.07. The van der Waals surface area contributed by atoms with E-state index in [0.29, 0.717) is 43.0 Å². The number of nitrogen functional groups attached to an aromatic ring is 1. The average molecular weight is 626 g/mol. The minimum Gasteiger partial charge on any atom is -0.384 e. The highest BCUT2D eigenvalue weighted by atomic mass is 32.1. The molecule has 6 rings (SSSR count). The second-order valence-electron chi connectivity index (χ2n) is 11.2. The summed E-state index contributed by atoms with van der Waals surface area (Å²) in [6, 6.07) is 35.0. The van der Waals surface area contributed by atoms with Crippen LogP contribution in [0.15, 0.2) is 120 Å². The van der Waals surface area contributed by atoms with E-state index < -0.39 is 0 Å². The fourth-order valence-corrected chi connectivity index (χ4v) is 5.72. The number of aryl methyl sites for hydroxylation is 2. The first-order valence-electron chi connectivity index (χ1n) is 15.1. The molecule has 230 valence electrons. The van der Waals surface area contributed by atoms with Gasteiger partial charge < -0.3 is 16.0 Å². The van der Waals surface area contributed by atoms with Crippen LogP contribution in [0.3, 0.4) is 0 Å². The SMILES string of the molecule is N=C(N)c1ccc(CCc2nc3cc(C(=O)N(Cc4ccc(CN)cc4)c4ccccn4)ccc3n2Cc2ccccc2S)cc1. The summed E-state index contributed by atoms with van der Waals surface area (Å²) in [6.07, 6.45) is 3.13. The Kier molecular flexibility index (Phi) is 9.23. The molecule has 8 nitrogen and oxygen atoms in total. The zero-order valence-corrected chi connectivity index (χ0v) is 26.2. The molecular weight excluding hydrogens is 591 g/mol. The maximum absolute atomic E-state index is 14.1. The van der Waals surface area contributed by atoms with Crippen molar-refractivity contribution in [3.63, 3.8) is 0 Å². The summed E-state index contributed by atoms with van der Waals surface area (Å²) in [7, 11) is 0. The number of nitrogens with zero attached hydrogens (tertiary/aromatic N) is 4. The number of pyridine rings is 1. The molecule has 46 heavy (non-hydrogen) atoms. The number of imidazole rings is 1. The van der Waals surface area contributed by atoms with E-state index in [-0.39, 0.29) is 11.7 Å². The van der Waals surface area contributed by atoms with Gasteiger partial charge in [-0.15, -0.1) is 12.6 Å². The molecule has 0 spiro atoms. The van der Waals surface area contributed by atoms with Crippen molar-refractivity contribution >= 4 is 41.2 Å². The number of fused-ring (bicyclic) bond motifs is 1. The van der Waals surface area contributed by atoms with Crippen molar-refractivity contribution < 1.29 is 4.79 Å². The second kappa shape index (κ2) is 13.8. The van der Waals surface area contributed by atoms with E-state index in [1.54, 1.807) is 11.1 Å². The van der Waals surface area contributed by atoms with Crippen molar-refractivity contribution in [2.75, 3.05) is 4.90 Å². The van der Waals surface area contributed by atoms with Crippen LogP contribution in [-0.4, -0.2) is 26.3 Å². The van der Waals surface area contributed by atoms with Gasteiger partial charge in [-0.05, 0) is 65.1 Å². The monoisotopic (exact) mass is 625 g/mol. The largest absolute Gasteiger partial charge is 0.384 e. The number of carbonyl (C=O) groups excluding carboxylic acids is 1. The maximum Gasteiger partial charge on any atom is 0.259 e. The van der Waals surface area contributed by atoms with Gasteiger partial charge in [0.15, 0.2) is 0 Å². The molecule has 0 saturated carbocycles. The number of hydrogen-bond donors (Lipinski definition) is 4. The minimum absolute atomic E-state index is 0.0511. The zero-order chi connectivity index (χ0) is 32.0. The lowest BCUT2D eigenvalue weighted by Crippen LogP contribution is -2.31. The highest BCUT2D eigenvalue weighted by Crippen LogP contribution is 2.25. The Morgan fingerprint density at radius 3 is 2.22 bits per heavy atom. The van der Waals surface area contributed by atoms with Crippen molar-refractivity contribution in [2.24, 2.45) is 11.5 Å². The molecule has 9 heteroatoms. The molecule has 0 aliphatic heterocycles. The molecule has 0 bridgehead atoms. The van der Waals surface area contributed by atoms with Gasteiger partial charge >= 0.3 is 0 Å². The van der Waals surface area contributed by atoms with Gasteiger partial charge in [0.2, 0.25) is 0 Å². The Hall–Kier alpha value is -5.25. The van der Waals surface area contributed by atoms with E-state index in [1.165, 1.54) is 0 Å². The Labute approximate surface area is 273 Å². The molecule has 0 radical (unpaired) electrons. The number of nitrogens with one attached hydrogen (secondary N) is 1. The molecule has 6 aromatic rings. The van der Waals surface area contributed by atoms with Crippen molar-refractivity contribution in [3.8, 4) is 0 Å². The van der Waals surface area contributed by atoms with Crippen LogP contribution in [0.5, 0.6) is 0 Å². The maximum atomic E-state index is 14.1. The first kappa shape index (κ1) is 30.8. The van der Waals surface area contributed by atoms with Crippen molar-refractivity contribution in [2.45, 2.75) is 37.4 Å². The predicted molar refractivity (Wildman–Crippen MR) is 186 cm³/mol. The first-order chi connectivity index (χ1) is 22.4. The summed E-state index contributed by atoms with van der Waals surface area (Å²) >= 11 is 4.70. The smallest absolute Gasteiger partial charge is 0.259 e. The van der Waals surface area contributed by atoms with Gasteiger partial charge in [-0.1, -0.05) is 72.8 Å². The van der Waals surface area contributed by atoms with Crippen LogP contribution in [0.2, 0.25) is 0 Å². The van der Waals surface area contributed by atoms with E-state index in [4.69, 9.17) is 34.5 Å². The minimum atomic E-state index is -0.161. The molecule has 0 saturated heterocycles. The van der Waals surface area contributed by atoms with Gasteiger partial charge in [0.05, 0.1) is 24.1 Å². The summed E-state index contributed by atoms with van der Waals surface area (Å²) in [5, 5.41) is 7.67. The Morgan fingerprint density at radius 2 is 1.52 bits per heavy atom. The number of amidine groups is 1. The van der Waals surface area contributed by atoms with Crippen LogP contribution in [0.4, 0.5) is 5.82 Å². The Balaban J connectivity index is 1.34. The van der Waals surface area contributed by atoms with Crippen molar-refractivity contribution in [1.82, 2.24) is 14.5 Å². The van der Waals surface area contributed by atoms with Crippen molar-refractivity contribution in [3.05, 3.63) is 155 Å². The van der Waals surface area contributed by atoms with E-state index in [9.17, 15) is 4.79 Å². The highest BCUT2D eigenvalue weighted by molar-refractivity contribution is 7.80. The second-order valence-corrected chi connectivity index (χ2v) is 11.6. The Bertz CT molecular complexity index is 1990. The van der Waals surface area contributed by atoms with Crippen LogP contribution in [0, 0.1) is 5.41 Å². The lowest BCUT2D eigenvalue weighted by atomic mass is 10.1. The average Bonchev–Trinajstić information content (AvgIpc) is 3.44. The topological polar surface area (TPSA) is 127 Å². The zero-order valence-electron chi connectivity index (χ0n) is 25.3. The van der Waals surface area contributed by atoms with Crippen molar-refractivity contribution in [1.29, 1.82) is 5.41 Å². The standard InChI is InChI=1S/C37H35N7OS/c38-22-26-8-10-27(11-9-26)23-44(34-7-3-4-20-41-34)37(45)29-17-18-32-31(21-29)42-35(43(32)24-30-5-1-2-6-33(30)46)19-14-25-12-15-28(16-13-25)36(39)40/h1-13,15-18,20-21,46H,14,19,22-24,38H2,(H3,39,40). The summed E-state index contributed by atoms with van der Waals surface area (Å²) in [5.41, 5.74) is 18.6. The lowest BCUT2D eigenvalue weighted by molar-refractivity contribution is 0.0984. The third kappa shape index (κ3) is 6.86. The molecule has 0 aliphatic carbocycles. The first-order valence-corrected chi connectivity index (χ1v) is 15.5. The molecular formula is C37H35N7OS. The van der Waals surface area contributed by atoms with Gasteiger partial charge in [0.25, 0.3) is 5.91 Å². The molecule has 2 aromatic heterocycles. The fourth-order valence-electron chi connectivity index (χ4n) is 5.49. The number of benzene rings is 4. The molecule has 2 heterocycles. The van der Waals surface area contributed by atoms with Gasteiger partial charge in [-0.25, -0.2) is 9.97 Å². The van der Waals surface area contributed by atoms with E-state index >= 15 is 0 Å². The lowest BCUT2D eigenvalue weighted by Gasteiger charge is -2.22. The van der Waals surface area contributed by atoms with Crippen LogP contribution in [-0.2, 0) is 32.5 Å². The molecule has 0 atom stereocenters. The molecule has 4 aromatic carbocycles. The highest BCUT2D eigenvalue weighted by Gasteiger charge is 2.21. The number of amides is 1. The van der Waals surface area contributed by atoms with Crippen LogP contribution in [0.25, 0.3) is 11.0 Å². The predicted octanol–water partition coefficient (Wildman–Crippen LogP) is 6.14. The molecule has 0 unspecified atom stereocenters. The summed E-state index contributed by atoms with van der Waals surface area (Å²) in [5.74, 6) is 1.37. The number of anilines is 1. The fraction of sp³-hybridized carbons (Fsp3) is 0.135. The van der Waals surface area contributed by atoms with Gasteiger partial charge in [-0.2, -0.15) is 0 Å². The van der Waals surface area contributed by atoms with Gasteiger partial charge in [0, 0.05) is 35.2 Å². The van der Waals surface area contributed by atoms with E-state index in [2.05, 4.69) is 15.6 Å². The quantitative estimate of drug-likeness (QED) is 0.0781. The third-order valence-corrected chi connectivity index (χ3v) is 8.50. The summed E-state index contributed by atoms with van der Waals surface area (Å²) < 4.78 is 2.21. The molecule has 5 N–H and O–H groups in total. The number of hydrogen-bond acceptors (Lipinski definition) is 6. The summed E-state index contributed by atoms with van der Waals surface area (Å²) in [4.78, 5) is 26.3. The number of thiol groups is 1. The number of aromatic nitrogens is 3. The van der Waals surface area contributed by atoms with Gasteiger partial charge in [0.1, 0.15) is 17.5 Å². The number of carbonyl (C=O) groups is 1.